The van der Waals surface area contributed by atoms with E-state index in [0.717, 1.165) is 11.3 Å². The number of para-hydroxylation sites is 1. The highest BCUT2D eigenvalue weighted by atomic mass is 32.1. The average Bonchev–Trinajstić information content (AvgIpc) is 2.79. The standard InChI is InChI=1S/C11H8N2O3S/c14-12(9-4-2-1-3-5-9)8-10-6-7-11(17-10)13(15)16/h1-8H/b12-8-. The summed E-state index contributed by atoms with van der Waals surface area (Å²) in [6.07, 6.45) is 1.33. The fraction of sp³-hybridized carbons (Fsp3) is 0. The minimum absolute atomic E-state index is 0.0257. The highest BCUT2D eigenvalue weighted by Gasteiger charge is 2.10. The van der Waals surface area contributed by atoms with E-state index in [2.05, 4.69) is 0 Å². The first-order chi connectivity index (χ1) is 8.16. The lowest BCUT2D eigenvalue weighted by Crippen LogP contribution is -1.96. The van der Waals surface area contributed by atoms with Gasteiger partial charge in [0.25, 0.3) is 0 Å². The van der Waals surface area contributed by atoms with Gasteiger partial charge in [-0.1, -0.05) is 29.5 Å². The molecule has 0 spiro atoms. The maximum absolute atomic E-state index is 11.7. The molecule has 0 fully saturated rings. The van der Waals surface area contributed by atoms with Crippen LogP contribution in [0.2, 0.25) is 0 Å². The molecule has 5 nitrogen and oxygen atoms in total. The normalized spacial score (nSPS) is 11.4. The Morgan fingerprint density at radius 2 is 1.76 bits per heavy atom. The molecule has 0 unspecified atom stereocenters. The van der Waals surface area contributed by atoms with Gasteiger partial charge in [-0.2, -0.15) is 4.74 Å². The number of rotatable bonds is 3. The zero-order chi connectivity index (χ0) is 12.3. The Morgan fingerprint density at radius 1 is 1.06 bits per heavy atom. The largest absolute Gasteiger partial charge is 0.618 e. The van der Waals surface area contributed by atoms with E-state index in [-0.39, 0.29) is 5.00 Å². The molecule has 0 amide bonds. The fourth-order valence-corrected chi connectivity index (χ4v) is 2.01. The summed E-state index contributed by atoms with van der Waals surface area (Å²) in [7, 11) is 0. The molecule has 0 atom stereocenters. The van der Waals surface area contributed by atoms with Crippen LogP contribution in [0.15, 0.2) is 42.5 Å². The Hall–Kier alpha value is -2.21. The van der Waals surface area contributed by atoms with E-state index in [1.165, 1.54) is 12.3 Å². The molecule has 6 heteroatoms. The molecule has 2 rings (SSSR count). The van der Waals surface area contributed by atoms with Gasteiger partial charge in [-0.25, -0.2) is 0 Å². The minimum Gasteiger partial charge on any atom is -0.618 e. The third-order valence-corrected chi connectivity index (χ3v) is 3.02. The second-order valence-corrected chi connectivity index (χ2v) is 4.32. The van der Waals surface area contributed by atoms with Crippen LogP contribution in [0.4, 0.5) is 10.7 Å². The van der Waals surface area contributed by atoms with Crippen LogP contribution in [-0.4, -0.2) is 15.9 Å². The van der Waals surface area contributed by atoms with Gasteiger partial charge in [-0.05, 0) is 6.07 Å². The molecule has 1 aromatic heterocycles. The van der Waals surface area contributed by atoms with Crippen LogP contribution < -0.4 is 0 Å². The Morgan fingerprint density at radius 3 is 2.35 bits per heavy atom. The molecule has 0 aliphatic carbocycles. The summed E-state index contributed by atoms with van der Waals surface area (Å²) >= 11 is 0.968. The van der Waals surface area contributed by atoms with Crippen LogP contribution in [0.3, 0.4) is 0 Å². The molecule has 0 bridgehead atoms. The number of nitrogens with zero attached hydrogens (tertiary/aromatic N) is 2. The topological polar surface area (TPSA) is 69.2 Å². The van der Waals surface area contributed by atoms with Crippen LogP contribution in [0.25, 0.3) is 0 Å². The molecule has 1 heterocycles. The molecule has 17 heavy (non-hydrogen) atoms. The summed E-state index contributed by atoms with van der Waals surface area (Å²) in [5.41, 5.74) is 0.489. The molecule has 86 valence electrons. The van der Waals surface area contributed by atoms with Gasteiger partial charge in [0.05, 0.1) is 9.80 Å². The minimum atomic E-state index is -0.473. The molecule has 0 saturated heterocycles. The van der Waals surface area contributed by atoms with Crippen LogP contribution in [0, 0.1) is 15.3 Å². The molecule has 0 aliphatic heterocycles. The van der Waals surface area contributed by atoms with Crippen LogP contribution in [0.5, 0.6) is 0 Å². The summed E-state index contributed by atoms with van der Waals surface area (Å²) in [5.74, 6) is 0. The predicted octanol–water partition coefficient (Wildman–Crippen LogP) is 2.92. The van der Waals surface area contributed by atoms with Gasteiger partial charge < -0.3 is 5.21 Å². The van der Waals surface area contributed by atoms with Gasteiger partial charge in [0.2, 0.25) is 5.69 Å². The monoisotopic (exact) mass is 248 g/mol. The third kappa shape index (κ3) is 2.67. The number of thiophene rings is 1. The van der Waals surface area contributed by atoms with Crippen LogP contribution in [0.1, 0.15) is 4.88 Å². The van der Waals surface area contributed by atoms with Crippen molar-refractivity contribution >= 4 is 28.2 Å². The van der Waals surface area contributed by atoms with E-state index >= 15 is 0 Å². The number of nitro groups is 1. The van der Waals surface area contributed by atoms with E-state index in [4.69, 9.17) is 0 Å². The summed E-state index contributed by atoms with van der Waals surface area (Å²) in [4.78, 5) is 10.6. The van der Waals surface area contributed by atoms with E-state index in [9.17, 15) is 15.3 Å². The van der Waals surface area contributed by atoms with E-state index in [1.807, 2.05) is 6.07 Å². The average molecular weight is 248 g/mol. The maximum Gasteiger partial charge on any atom is 0.324 e. The molecule has 0 radical (unpaired) electrons. The van der Waals surface area contributed by atoms with Crippen LogP contribution >= 0.6 is 11.3 Å². The lowest BCUT2D eigenvalue weighted by molar-refractivity contribution is -0.380. The van der Waals surface area contributed by atoms with Gasteiger partial charge in [0.1, 0.15) is 0 Å². The maximum atomic E-state index is 11.7. The van der Waals surface area contributed by atoms with E-state index < -0.39 is 4.92 Å². The van der Waals surface area contributed by atoms with E-state index in [0.29, 0.717) is 15.3 Å². The van der Waals surface area contributed by atoms with Crippen LogP contribution in [-0.2, 0) is 0 Å². The zero-order valence-electron chi connectivity index (χ0n) is 8.65. The van der Waals surface area contributed by atoms with Crippen molar-refractivity contribution in [2.75, 3.05) is 0 Å². The van der Waals surface area contributed by atoms with Gasteiger partial charge in [0, 0.05) is 18.2 Å². The lowest BCUT2D eigenvalue weighted by Gasteiger charge is -2.00. The zero-order valence-corrected chi connectivity index (χ0v) is 9.46. The molecule has 1 aromatic carbocycles. The predicted molar refractivity (Wildman–Crippen MR) is 65.9 cm³/mol. The molecule has 0 saturated carbocycles. The lowest BCUT2D eigenvalue weighted by atomic mass is 10.3. The molecule has 0 N–H and O–H groups in total. The van der Waals surface area contributed by atoms with Crippen molar-refractivity contribution in [3.63, 3.8) is 0 Å². The first-order valence-electron chi connectivity index (χ1n) is 4.77. The highest BCUT2D eigenvalue weighted by molar-refractivity contribution is 7.16. The summed E-state index contributed by atoms with van der Waals surface area (Å²) < 4.78 is 0.690. The van der Waals surface area contributed by atoms with Gasteiger partial charge in [-0.3, -0.25) is 10.1 Å². The summed E-state index contributed by atoms with van der Waals surface area (Å²) in [6, 6.07) is 11.6. The Labute approximate surface area is 101 Å². The first-order valence-corrected chi connectivity index (χ1v) is 5.59. The SMILES string of the molecule is O=[N+]([O-])c1ccc(/C=[N+](\[O-])c2ccccc2)s1. The molecule has 0 aliphatic rings. The van der Waals surface area contributed by atoms with Crippen molar-refractivity contribution in [2.45, 2.75) is 0 Å². The van der Waals surface area contributed by atoms with Gasteiger partial charge in [-0.15, -0.1) is 0 Å². The van der Waals surface area contributed by atoms with Gasteiger partial charge >= 0.3 is 5.00 Å². The Kier molecular flexibility index (Phi) is 3.15. The second-order valence-electron chi connectivity index (χ2n) is 3.22. The molecular formula is C11H8N2O3S. The van der Waals surface area contributed by atoms with Crippen molar-refractivity contribution in [1.82, 2.24) is 0 Å². The quantitative estimate of drug-likeness (QED) is 0.276. The number of benzene rings is 1. The molecular weight excluding hydrogens is 240 g/mol. The second kappa shape index (κ2) is 4.75. The number of hydrogen-bond acceptors (Lipinski definition) is 4. The number of hydrogen-bond donors (Lipinski definition) is 0. The van der Waals surface area contributed by atoms with Crippen molar-refractivity contribution in [3.05, 3.63) is 62.7 Å². The highest BCUT2D eigenvalue weighted by Crippen LogP contribution is 2.22. The summed E-state index contributed by atoms with van der Waals surface area (Å²) in [6.45, 7) is 0. The first kappa shape index (κ1) is 11.3. The van der Waals surface area contributed by atoms with Crippen molar-refractivity contribution in [3.8, 4) is 0 Å². The van der Waals surface area contributed by atoms with Crippen molar-refractivity contribution < 1.29 is 9.66 Å². The van der Waals surface area contributed by atoms with Crippen molar-refractivity contribution in [1.29, 1.82) is 0 Å². The van der Waals surface area contributed by atoms with E-state index in [1.54, 1.807) is 30.3 Å². The third-order valence-electron chi connectivity index (χ3n) is 2.05. The Bertz CT molecular complexity index is 563. The fourth-order valence-electron chi connectivity index (χ4n) is 1.27. The Balaban J connectivity index is 2.27. The van der Waals surface area contributed by atoms with Gasteiger partial charge in [0.15, 0.2) is 6.21 Å². The summed E-state index contributed by atoms with van der Waals surface area (Å²) in [5, 5.41) is 22.2. The molecule has 2 aromatic rings. The van der Waals surface area contributed by atoms with Crippen molar-refractivity contribution in [2.24, 2.45) is 0 Å². The smallest absolute Gasteiger partial charge is 0.324 e.